The topological polar surface area (TPSA) is 108 Å². The van der Waals surface area contributed by atoms with E-state index >= 15 is 0 Å². The van der Waals surface area contributed by atoms with Crippen molar-refractivity contribution in [3.05, 3.63) is 0 Å². The summed E-state index contributed by atoms with van der Waals surface area (Å²) in [5, 5.41) is 17.2. The Morgan fingerprint density at radius 3 is 2.48 bits per heavy atom. The number of aliphatic carboxylic acids is 1. The van der Waals surface area contributed by atoms with Crippen molar-refractivity contribution >= 4 is 17.9 Å². The summed E-state index contributed by atoms with van der Waals surface area (Å²) in [5.41, 5.74) is 0. The molecule has 0 aromatic carbocycles. The van der Waals surface area contributed by atoms with E-state index in [-0.39, 0.29) is 24.4 Å². The van der Waals surface area contributed by atoms with Crippen molar-refractivity contribution in [3.8, 4) is 0 Å². The molecule has 1 saturated carbocycles. The van der Waals surface area contributed by atoms with Gasteiger partial charge in [-0.1, -0.05) is 32.6 Å². The van der Waals surface area contributed by atoms with Gasteiger partial charge in [-0.3, -0.25) is 4.79 Å². The molecule has 0 aliphatic heterocycles. The smallest absolute Gasteiger partial charge is 0.326 e. The summed E-state index contributed by atoms with van der Waals surface area (Å²) >= 11 is 0. The van der Waals surface area contributed by atoms with Crippen LogP contribution in [0.1, 0.15) is 64.7 Å². The van der Waals surface area contributed by atoms with Crippen LogP contribution in [0.15, 0.2) is 0 Å². The maximum absolute atomic E-state index is 11.7. The number of carboxylic acids is 1. The van der Waals surface area contributed by atoms with Crippen molar-refractivity contribution in [1.82, 2.24) is 16.0 Å². The molecule has 7 nitrogen and oxygen atoms in total. The molecule has 1 aliphatic carbocycles. The maximum Gasteiger partial charge on any atom is 0.326 e. The maximum atomic E-state index is 11.7. The lowest BCUT2D eigenvalue weighted by atomic mass is 9.96. The van der Waals surface area contributed by atoms with Gasteiger partial charge in [0.25, 0.3) is 0 Å². The Morgan fingerprint density at radius 1 is 1.17 bits per heavy atom. The van der Waals surface area contributed by atoms with Gasteiger partial charge in [-0.05, 0) is 25.7 Å². The minimum absolute atomic E-state index is 0.188. The lowest BCUT2D eigenvalue weighted by Crippen LogP contribution is -2.43. The monoisotopic (exact) mass is 327 g/mol. The van der Waals surface area contributed by atoms with E-state index in [1.165, 1.54) is 6.42 Å². The molecule has 0 aromatic rings. The Bertz CT molecular complexity index is 395. The highest BCUT2D eigenvalue weighted by Crippen LogP contribution is 2.17. The molecular weight excluding hydrogens is 298 g/mol. The first-order valence-corrected chi connectivity index (χ1v) is 8.59. The summed E-state index contributed by atoms with van der Waals surface area (Å²) in [5.74, 6) is -1.30. The molecule has 4 N–H and O–H groups in total. The second kappa shape index (κ2) is 10.9. The lowest BCUT2D eigenvalue weighted by Gasteiger charge is -2.22. The van der Waals surface area contributed by atoms with Crippen LogP contribution in [0.4, 0.5) is 4.79 Å². The zero-order chi connectivity index (χ0) is 17.1. The fourth-order valence-corrected chi connectivity index (χ4v) is 2.75. The summed E-state index contributed by atoms with van der Waals surface area (Å²) in [6, 6.07) is -0.751. The fourth-order valence-electron chi connectivity index (χ4n) is 2.75. The molecule has 132 valence electrons. The molecule has 23 heavy (non-hydrogen) atoms. The van der Waals surface area contributed by atoms with Crippen LogP contribution in [-0.4, -0.2) is 41.6 Å². The molecule has 7 heteroatoms. The van der Waals surface area contributed by atoms with E-state index in [9.17, 15) is 14.4 Å². The van der Waals surface area contributed by atoms with Gasteiger partial charge in [0.1, 0.15) is 6.04 Å². The predicted molar refractivity (Wildman–Crippen MR) is 87.1 cm³/mol. The lowest BCUT2D eigenvalue weighted by molar-refractivity contribution is -0.142. The molecule has 0 spiro atoms. The van der Waals surface area contributed by atoms with Crippen molar-refractivity contribution in [2.45, 2.75) is 76.8 Å². The number of carbonyl (C=O) groups excluding carboxylic acids is 2. The number of hydrogen-bond acceptors (Lipinski definition) is 3. The van der Waals surface area contributed by atoms with E-state index in [1.807, 2.05) is 6.92 Å². The van der Waals surface area contributed by atoms with Crippen LogP contribution in [0, 0.1) is 0 Å². The van der Waals surface area contributed by atoms with E-state index in [2.05, 4.69) is 16.0 Å². The van der Waals surface area contributed by atoms with Crippen LogP contribution in [0.5, 0.6) is 0 Å². The van der Waals surface area contributed by atoms with Gasteiger partial charge < -0.3 is 21.1 Å². The highest BCUT2D eigenvalue weighted by atomic mass is 16.4. The van der Waals surface area contributed by atoms with Crippen molar-refractivity contribution in [2.24, 2.45) is 0 Å². The molecule has 1 unspecified atom stereocenters. The van der Waals surface area contributed by atoms with E-state index in [1.54, 1.807) is 0 Å². The number of amides is 3. The minimum atomic E-state index is -1.01. The van der Waals surface area contributed by atoms with Crippen molar-refractivity contribution in [3.63, 3.8) is 0 Å². The molecule has 0 heterocycles. The molecule has 0 bridgehead atoms. The number of nitrogens with one attached hydrogen (secondary N) is 3. The van der Waals surface area contributed by atoms with Gasteiger partial charge in [0, 0.05) is 19.0 Å². The SMILES string of the molecule is CCCC(NC(=O)CCCNC(=O)NC1CCCCC1)C(=O)O. The summed E-state index contributed by atoms with van der Waals surface area (Å²) in [4.78, 5) is 34.4. The third-order valence-electron chi connectivity index (χ3n) is 4.02. The Balaban J connectivity index is 2.11. The van der Waals surface area contributed by atoms with E-state index in [4.69, 9.17) is 5.11 Å². The standard InChI is InChI=1S/C16H29N3O4/c1-2-7-13(15(21)22)19-14(20)10-6-11-17-16(23)18-12-8-4-3-5-9-12/h12-13H,2-11H2,1H3,(H,19,20)(H,21,22)(H2,17,18,23). The van der Waals surface area contributed by atoms with Crippen molar-refractivity contribution in [1.29, 1.82) is 0 Å². The van der Waals surface area contributed by atoms with Crippen LogP contribution >= 0.6 is 0 Å². The first-order chi connectivity index (χ1) is 11.0. The Kier molecular flexibility index (Phi) is 9.09. The van der Waals surface area contributed by atoms with Crippen LogP contribution in [-0.2, 0) is 9.59 Å². The Hall–Kier alpha value is -1.79. The van der Waals surface area contributed by atoms with E-state index < -0.39 is 12.0 Å². The molecule has 1 aliphatic rings. The third-order valence-corrected chi connectivity index (χ3v) is 4.02. The van der Waals surface area contributed by atoms with Crippen LogP contribution in [0.3, 0.4) is 0 Å². The fraction of sp³-hybridized carbons (Fsp3) is 0.812. The third kappa shape index (κ3) is 8.42. The number of carboxylic acid groups (broad SMARTS) is 1. The van der Waals surface area contributed by atoms with Gasteiger partial charge in [-0.15, -0.1) is 0 Å². The number of carbonyl (C=O) groups is 3. The van der Waals surface area contributed by atoms with Gasteiger partial charge in [0.05, 0.1) is 0 Å². The first kappa shape index (κ1) is 19.3. The normalized spacial score (nSPS) is 16.4. The largest absolute Gasteiger partial charge is 0.480 e. The minimum Gasteiger partial charge on any atom is -0.480 e. The van der Waals surface area contributed by atoms with Gasteiger partial charge in [0.2, 0.25) is 5.91 Å². The zero-order valence-corrected chi connectivity index (χ0v) is 13.9. The molecule has 0 saturated heterocycles. The average Bonchev–Trinajstić information content (AvgIpc) is 2.52. The molecule has 0 aromatic heterocycles. The number of rotatable bonds is 9. The molecule has 1 rings (SSSR count). The number of urea groups is 1. The number of hydrogen-bond donors (Lipinski definition) is 4. The molecule has 3 amide bonds. The van der Waals surface area contributed by atoms with E-state index in [0.29, 0.717) is 25.8 Å². The van der Waals surface area contributed by atoms with Crippen LogP contribution in [0.2, 0.25) is 0 Å². The second-order valence-electron chi connectivity index (χ2n) is 6.09. The first-order valence-electron chi connectivity index (χ1n) is 8.59. The Morgan fingerprint density at radius 2 is 1.87 bits per heavy atom. The predicted octanol–water partition coefficient (Wildman–Crippen LogP) is 1.77. The van der Waals surface area contributed by atoms with Gasteiger partial charge in [-0.25, -0.2) is 9.59 Å². The van der Waals surface area contributed by atoms with Crippen LogP contribution in [0.25, 0.3) is 0 Å². The van der Waals surface area contributed by atoms with Crippen molar-refractivity contribution < 1.29 is 19.5 Å². The highest BCUT2D eigenvalue weighted by Gasteiger charge is 2.18. The zero-order valence-electron chi connectivity index (χ0n) is 13.9. The molecule has 1 fully saturated rings. The average molecular weight is 327 g/mol. The van der Waals surface area contributed by atoms with Gasteiger partial charge in [0.15, 0.2) is 0 Å². The molecule has 0 radical (unpaired) electrons. The highest BCUT2D eigenvalue weighted by molar-refractivity contribution is 5.83. The van der Waals surface area contributed by atoms with Crippen LogP contribution < -0.4 is 16.0 Å². The second-order valence-corrected chi connectivity index (χ2v) is 6.09. The van der Waals surface area contributed by atoms with Gasteiger partial charge in [-0.2, -0.15) is 0 Å². The molecule has 1 atom stereocenters. The van der Waals surface area contributed by atoms with Gasteiger partial charge >= 0.3 is 12.0 Å². The summed E-state index contributed by atoms with van der Waals surface area (Å²) in [7, 11) is 0. The quantitative estimate of drug-likeness (QED) is 0.484. The van der Waals surface area contributed by atoms with E-state index in [0.717, 1.165) is 25.7 Å². The molecular formula is C16H29N3O4. The summed E-state index contributed by atoms with van der Waals surface area (Å²) in [6.07, 6.45) is 7.43. The summed E-state index contributed by atoms with van der Waals surface area (Å²) < 4.78 is 0. The van der Waals surface area contributed by atoms with Crippen molar-refractivity contribution in [2.75, 3.05) is 6.54 Å². The summed E-state index contributed by atoms with van der Waals surface area (Å²) in [6.45, 7) is 2.27. The Labute approximate surface area is 137 Å².